The van der Waals surface area contributed by atoms with Crippen molar-refractivity contribution in [2.45, 2.75) is 30.0 Å². The summed E-state index contributed by atoms with van der Waals surface area (Å²) in [5.41, 5.74) is 0.835. The van der Waals surface area contributed by atoms with E-state index in [9.17, 15) is 18.3 Å². The lowest BCUT2D eigenvalue weighted by Crippen LogP contribution is -2.52. The minimum Gasteiger partial charge on any atom is -0.495 e. The molecular formula is C29H34ClN7O5S. The number of methoxy groups -OCH3 is 1. The standard InChI is InChI=1S/C29H34ClN7O5S/c1-17(2)43(40,41)25-9-7-6-8-22(25)32-27-21(30)12-31-29(34-27)33-23-11-20-18(10-24(23)42-5)13-37(28(20)39)19-14-36(15-19)26(38)16-35(3)4/h6-13,17,19,39H,14-16H2,1-5H3,(H2,31,32,33,34). The number of benzene rings is 2. The number of ether oxygens (including phenoxy) is 1. The molecule has 2 aromatic carbocycles. The second-order valence-electron chi connectivity index (χ2n) is 10.9. The normalized spacial score (nSPS) is 13.9. The first-order valence-corrected chi connectivity index (χ1v) is 15.5. The van der Waals surface area contributed by atoms with Crippen molar-refractivity contribution in [3.05, 3.63) is 53.8 Å². The molecule has 1 amide bonds. The quantitative estimate of drug-likeness (QED) is 0.231. The van der Waals surface area contributed by atoms with Crippen LogP contribution in [0.3, 0.4) is 0 Å². The summed E-state index contributed by atoms with van der Waals surface area (Å²) in [6.45, 7) is 4.61. The van der Waals surface area contributed by atoms with Gasteiger partial charge in [0, 0.05) is 30.1 Å². The van der Waals surface area contributed by atoms with Gasteiger partial charge in [-0.1, -0.05) is 23.7 Å². The molecule has 3 heterocycles. The van der Waals surface area contributed by atoms with Crippen molar-refractivity contribution < 1.29 is 23.1 Å². The van der Waals surface area contributed by atoms with Gasteiger partial charge >= 0.3 is 0 Å². The largest absolute Gasteiger partial charge is 0.495 e. The summed E-state index contributed by atoms with van der Waals surface area (Å²) >= 11 is 6.39. The van der Waals surface area contributed by atoms with Gasteiger partial charge < -0.3 is 34.8 Å². The number of halogens is 1. The van der Waals surface area contributed by atoms with Crippen molar-refractivity contribution in [2.75, 3.05) is 51.5 Å². The molecule has 0 aliphatic carbocycles. The first-order valence-electron chi connectivity index (χ1n) is 13.6. The Kier molecular flexibility index (Phi) is 8.41. The number of fused-ring (bicyclic) bond motifs is 1. The summed E-state index contributed by atoms with van der Waals surface area (Å²) in [5, 5.41) is 18.2. The van der Waals surface area contributed by atoms with Crippen LogP contribution in [-0.2, 0) is 14.6 Å². The van der Waals surface area contributed by atoms with E-state index < -0.39 is 15.1 Å². The van der Waals surface area contributed by atoms with E-state index in [0.29, 0.717) is 42.1 Å². The molecule has 1 aliphatic heterocycles. The Balaban J connectivity index is 1.40. The summed E-state index contributed by atoms with van der Waals surface area (Å²) < 4.78 is 33.2. The minimum absolute atomic E-state index is 0.0449. The zero-order valence-electron chi connectivity index (χ0n) is 24.5. The minimum atomic E-state index is -3.58. The second-order valence-corrected chi connectivity index (χ2v) is 13.8. The topological polar surface area (TPSA) is 142 Å². The second kappa shape index (κ2) is 11.9. The molecule has 1 saturated heterocycles. The van der Waals surface area contributed by atoms with Gasteiger partial charge in [-0.3, -0.25) is 4.79 Å². The number of hydrogen-bond acceptors (Lipinski definition) is 10. The number of carbonyl (C=O) groups is 1. The number of carbonyl (C=O) groups excluding carboxylic acids is 1. The third kappa shape index (κ3) is 6.05. The Morgan fingerprint density at radius 3 is 2.58 bits per heavy atom. The number of nitrogens with zero attached hydrogens (tertiary/aromatic N) is 5. The smallest absolute Gasteiger partial charge is 0.236 e. The highest BCUT2D eigenvalue weighted by atomic mass is 35.5. The van der Waals surface area contributed by atoms with E-state index in [2.05, 4.69) is 20.6 Å². The average molecular weight is 628 g/mol. The number of para-hydroxylation sites is 1. The van der Waals surface area contributed by atoms with E-state index in [1.807, 2.05) is 25.2 Å². The highest BCUT2D eigenvalue weighted by Gasteiger charge is 2.33. The summed E-state index contributed by atoms with van der Waals surface area (Å²) in [6.07, 6.45) is 3.25. The molecule has 0 radical (unpaired) electrons. The van der Waals surface area contributed by atoms with Gasteiger partial charge in [0.15, 0.2) is 21.5 Å². The predicted octanol–water partition coefficient (Wildman–Crippen LogP) is 4.41. The number of aromatic hydroxyl groups is 1. The molecule has 5 rings (SSSR count). The fourth-order valence-electron chi connectivity index (χ4n) is 4.83. The number of likely N-dealkylation sites (tertiary alicyclic amines) is 1. The number of aromatic nitrogens is 3. The zero-order valence-corrected chi connectivity index (χ0v) is 26.1. The van der Waals surface area contributed by atoms with Crippen LogP contribution >= 0.6 is 11.6 Å². The average Bonchev–Trinajstić information content (AvgIpc) is 3.23. The number of amides is 1. The lowest BCUT2D eigenvalue weighted by molar-refractivity contribution is -0.137. The maximum absolute atomic E-state index is 12.9. The van der Waals surface area contributed by atoms with Crippen LogP contribution in [0.5, 0.6) is 11.6 Å². The van der Waals surface area contributed by atoms with Crippen LogP contribution in [0.4, 0.5) is 23.1 Å². The molecular weight excluding hydrogens is 594 g/mol. The van der Waals surface area contributed by atoms with E-state index in [1.165, 1.54) is 19.4 Å². The van der Waals surface area contributed by atoms with Crippen molar-refractivity contribution in [1.29, 1.82) is 0 Å². The molecule has 1 fully saturated rings. The molecule has 43 heavy (non-hydrogen) atoms. The molecule has 0 bridgehead atoms. The third-order valence-electron chi connectivity index (χ3n) is 7.25. The Hall–Kier alpha value is -4.07. The molecule has 228 valence electrons. The highest BCUT2D eigenvalue weighted by molar-refractivity contribution is 7.92. The number of likely N-dealkylation sites (N-methyl/N-ethyl adjacent to an activating group) is 1. The van der Waals surface area contributed by atoms with E-state index in [-0.39, 0.29) is 39.5 Å². The van der Waals surface area contributed by atoms with Crippen LogP contribution in [0.2, 0.25) is 5.02 Å². The van der Waals surface area contributed by atoms with Gasteiger partial charge in [-0.05, 0) is 52.2 Å². The van der Waals surface area contributed by atoms with Crippen LogP contribution in [0.15, 0.2) is 53.7 Å². The molecule has 12 nitrogen and oxygen atoms in total. The van der Waals surface area contributed by atoms with Gasteiger partial charge in [0.1, 0.15) is 10.8 Å². The fraction of sp³-hybridized carbons (Fsp3) is 0.345. The summed E-state index contributed by atoms with van der Waals surface area (Å²) in [7, 11) is 1.66. The molecule has 2 aromatic heterocycles. The molecule has 14 heteroatoms. The van der Waals surface area contributed by atoms with Crippen LogP contribution in [0.25, 0.3) is 10.8 Å². The van der Waals surface area contributed by atoms with E-state index in [1.54, 1.807) is 53.6 Å². The first-order chi connectivity index (χ1) is 20.4. The monoisotopic (exact) mass is 627 g/mol. The maximum Gasteiger partial charge on any atom is 0.236 e. The predicted molar refractivity (Wildman–Crippen MR) is 167 cm³/mol. The van der Waals surface area contributed by atoms with Gasteiger partial charge in [0.2, 0.25) is 11.9 Å². The maximum atomic E-state index is 12.9. The van der Waals surface area contributed by atoms with Crippen LogP contribution in [-0.4, -0.2) is 89.9 Å². The molecule has 3 N–H and O–H groups in total. The van der Waals surface area contributed by atoms with Crippen molar-refractivity contribution in [3.8, 4) is 11.6 Å². The van der Waals surface area contributed by atoms with Crippen molar-refractivity contribution in [3.63, 3.8) is 0 Å². The van der Waals surface area contributed by atoms with E-state index in [4.69, 9.17) is 16.3 Å². The van der Waals surface area contributed by atoms with Gasteiger partial charge in [-0.2, -0.15) is 4.98 Å². The van der Waals surface area contributed by atoms with Gasteiger partial charge in [-0.15, -0.1) is 0 Å². The highest BCUT2D eigenvalue weighted by Crippen LogP contribution is 2.40. The number of hydrogen-bond donors (Lipinski definition) is 3. The zero-order chi connectivity index (χ0) is 31.1. The lowest BCUT2D eigenvalue weighted by Gasteiger charge is -2.40. The summed E-state index contributed by atoms with van der Waals surface area (Å²) in [6, 6.07) is 10.0. The van der Waals surface area contributed by atoms with Crippen molar-refractivity contribution in [1.82, 2.24) is 24.3 Å². The molecule has 4 aromatic rings. The number of rotatable bonds is 10. The fourth-order valence-corrected chi connectivity index (χ4v) is 6.17. The van der Waals surface area contributed by atoms with Crippen LogP contribution in [0.1, 0.15) is 19.9 Å². The van der Waals surface area contributed by atoms with Gasteiger partial charge in [-0.25, -0.2) is 13.4 Å². The number of anilines is 4. The third-order valence-corrected chi connectivity index (χ3v) is 9.74. The Morgan fingerprint density at radius 2 is 1.91 bits per heavy atom. The molecule has 0 atom stereocenters. The first kappa shape index (κ1) is 30.4. The van der Waals surface area contributed by atoms with E-state index in [0.717, 1.165) is 5.39 Å². The summed E-state index contributed by atoms with van der Waals surface area (Å²) in [5.74, 6) is 0.988. The van der Waals surface area contributed by atoms with Crippen LogP contribution < -0.4 is 15.4 Å². The van der Waals surface area contributed by atoms with Gasteiger partial charge in [0.05, 0.1) is 47.4 Å². The molecule has 1 aliphatic rings. The number of nitrogens with one attached hydrogen (secondary N) is 2. The Labute approximate surface area is 255 Å². The van der Waals surface area contributed by atoms with Gasteiger partial charge in [0.25, 0.3) is 0 Å². The Bertz CT molecular complexity index is 1790. The summed E-state index contributed by atoms with van der Waals surface area (Å²) in [4.78, 5) is 24.8. The lowest BCUT2D eigenvalue weighted by atomic mass is 10.1. The van der Waals surface area contributed by atoms with Crippen molar-refractivity contribution in [2.24, 2.45) is 0 Å². The van der Waals surface area contributed by atoms with E-state index >= 15 is 0 Å². The molecule has 0 saturated carbocycles. The van der Waals surface area contributed by atoms with Crippen LogP contribution in [0, 0.1) is 0 Å². The van der Waals surface area contributed by atoms with Crippen molar-refractivity contribution >= 4 is 61.3 Å². The molecule has 0 spiro atoms. The Morgan fingerprint density at radius 1 is 1.19 bits per heavy atom. The SMILES string of the molecule is COc1cc2cn(C3CN(C(=O)CN(C)C)C3)c(O)c2cc1Nc1ncc(Cl)c(Nc2ccccc2S(=O)(=O)C(C)C)n1. The number of sulfone groups is 1. The molecule has 0 unspecified atom stereocenters.